The molecule has 0 radical (unpaired) electrons. The lowest BCUT2D eigenvalue weighted by Gasteiger charge is -2.08. The summed E-state index contributed by atoms with van der Waals surface area (Å²) >= 11 is 12.4. The molecule has 1 heterocycles. The Kier molecular flexibility index (Phi) is 6.98. The van der Waals surface area contributed by atoms with Crippen molar-refractivity contribution in [3.63, 3.8) is 0 Å². The van der Waals surface area contributed by atoms with Crippen LogP contribution >= 0.6 is 23.2 Å². The molecule has 0 amide bonds. The molecule has 3 rings (SSSR count). The van der Waals surface area contributed by atoms with Gasteiger partial charge in [0.1, 0.15) is 0 Å². The van der Waals surface area contributed by atoms with Crippen LogP contribution in [0.5, 0.6) is 0 Å². The first-order valence-corrected chi connectivity index (χ1v) is 9.73. The lowest BCUT2D eigenvalue weighted by Crippen LogP contribution is -2.16. The van der Waals surface area contributed by atoms with Gasteiger partial charge in [0.05, 0.1) is 0 Å². The van der Waals surface area contributed by atoms with Crippen LogP contribution in [0, 0.1) is 0 Å². The zero-order valence-electron chi connectivity index (χ0n) is 15.0. The molecule has 0 atom stereocenters. The molecule has 0 bridgehead atoms. The van der Waals surface area contributed by atoms with Gasteiger partial charge in [-0.1, -0.05) is 47.5 Å². The SMILES string of the molecule is CCOCCCNCc1cn(Cc2ccc(Cl)cc2Cl)c2ccccc12. The van der Waals surface area contributed by atoms with Gasteiger partial charge < -0.3 is 14.6 Å². The maximum atomic E-state index is 6.36. The third-order valence-electron chi connectivity index (χ3n) is 4.39. The monoisotopic (exact) mass is 390 g/mol. The van der Waals surface area contributed by atoms with Crippen LogP contribution in [0.1, 0.15) is 24.5 Å². The van der Waals surface area contributed by atoms with Crippen molar-refractivity contribution in [3.05, 3.63) is 69.8 Å². The third kappa shape index (κ3) is 4.80. The molecule has 0 saturated carbocycles. The molecule has 0 fully saturated rings. The van der Waals surface area contributed by atoms with Crippen molar-refractivity contribution in [2.75, 3.05) is 19.8 Å². The second kappa shape index (κ2) is 9.43. The van der Waals surface area contributed by atoms with Crippen molar-refractivity contribution >= 4 is 34.1 Å². The van der Waals surface area contributed by atoms with Gasteiger partial charge in [0.2, 0.25) is 0 Å². The number of hydrogen-bond donors (Lipinski definition) is 1. The number of ether oxygens (including phenoxy) is 1. The fourth-order valence-corrected chi connectivity index (χ4v) is 3.56. The van der Waals surface area contributed by atoms with E-state index in [4.69, 9.17) is 27.9 Å². The van der Waals surface area contributed by atoms with Crippen LogP contribution in [-0.4, -0.2) is 24.3 Å². The number of para-hydroxylation sites is 1. The highest BCUT2D eigenvalue weighted by Gasteiger charge is 2.10. The van der Waals surface area contributed by atoms with Gasteiger partial charge in [-0.15, -0.1) is 0 Å². The van der Waals surface area contributed by atoms with Crippen LogP contribution in [0.15, 0.2) is 48.7 Å². The van der Waals surface area contributed by atoms with Gasteiger partial charge in [-0.25, -0.2) is 0 Å². The van der Waals surface area contributed by atoms with Crippen molar-refractivity contribution in [3.8, 4) is 0 Å². The molecule has 5 heteroatoms. The molecule has 2 aromatic carbocycles. The summed E-state index contributed by atoms with van der Waals surface area (Å²) in [5.74, 6) is 0. The van der Waals surface area contributed by atoms with Gasteiger partial charge in [0.25, 0.3) is 0 Å². The predicted molar refractivity (Wildman–Crippen MR) is 110 cm³/mol. The van der Waals surface area contributed by atoms with E-state index in [2.05, 4.69) is 40.3 Å². The summed E-state index contributed by atoms with van der Waals surface area (Å²) in [6.45, 7) is 6.12. The maximum Gasteiger partial charge on any atom is 0.0491 e. The van der Waals surface area contributed by atoms with Crippen molar-refractivity contribution in [1.29, 1.82) is 0 Å². The lowest BCUT2D eigenvalue weighted by molar-refractivity contribution is 0.144. The quantitative estimate of drug-likeness (QED) is 0.487. The second-order valence-electron chi connectivity index (χ2n) is 6.26. The summed E-state index contributed by atoms with van der Waals surface area (Å²) in [6.07, 6.45) is 3.23. The van der Waals surface area contributed by atoms with E-state index in [0.29, 0.717) is 10.0 Å². The number of halogens is 2. The second-order valence-corrected chi connectivity index (χ2v) is 7.11. The van der Waals surface area contributed by atoms with E-state index in [9.17, 15) is 0 Å². The minimum atomic E-state index is 0.660. The molecule has 3 nitrogen and oxygen atoms in total. The summed E-state index contributed by atoms with van der Waals surface area (Å²) in [7, 11) is 0. The van der Waals surface area contributed by atoms with Crippen LogP contribution in [0.2, 0.25) is 10.0 Å². The molecule has 26 heavy (non-hydrogen) atoms. The molecule has 3 aromatic rings. The number of rotatable bonds is 9. The molecular formula is C21H24Cl2N2O. The van der Waals surface area contributed by atoms with Crippen molar-refractivity contribution in [2.24, 2.45) is 0 Å². The van der Waals surface area contributed by atoms with Crippen LogP contribution in [0.3, 0.4) is 0 Å². The van der Waals surface area contributed by atoms with Crippen molar-refractivity contribution in [1.82, 2.24) is 9.88 Å². The van der Waals surface area contributed by atoms with Crippen molar-refractivity contribution < 1.29 is 4.74 Å². The Bertz CT molecular complexity index is 860. The zero-order valence-corrected chi connectivity index (χ0v) is 16.5. The Balaban J connectivity index is 1.74. The van der Waals surface area contributed by atoms with E-state index in [1.807, 2.05) is 19.1 Å². The first-order chi connectivity index (χ1) is 12.7. The average molecular weight is 391 g/mol. The molecule has 0 saturated heterocycles. The van der Waals surface area contributed by atoms with Gasteiger partial charge >= 0.3 is 0 Å². The number of hydrogen-bond acceptors (Lipinski definition) is 2. The van der Waals surface area contributed by atoms with Crippen LogP contribution in [-0.2, 0) is 17.8 Å². The average Bonchev–Trinajstić information content (AvgIpc) is 2.98. The number of nitrogens with zero attached hydrogens (tertiary/aromatic N) is 1. The Morgan fingerprint density at radius 1 is 1.08 bits per heavy atom. The lowest BCUT2D eigenvalue weighted by atomic mass is 10.2. The normalized spacial score (nSPS) is 11.3. The Hall–Kier alpha value is -1.52. The zero-order chi connectivity index (χ0) is 18.4. The van der Waals surface area contributed by atoms with Gasteiger partial charge in [-0.3, -0.25) is 0 Å². The number of nitrogens with one attached hydrogen (secondary N) is 1. The van der Waals surface area contributed by atoms with Gasteiger partial charge in [0.15, 0.2) is 0 Å². The summed E-state index contributed by atoms with van der Waals surface area (Å²) < 4.78 is 7.63. The van der Waals surface area contributed by atoms with Gasteiger partial charge in [0, 0.05) is 53.4 Å². The number of aromatic nitrogens is 1. The fraction of sp³-hybridized carbons (Fsp3) is 0.333. The number of benzene rings is 2. The molecule has 0 aliphatic carbocycles. The molecule has 1 N–H and O–H groups in total. The molecule has 0 spiro atoms. The first kappa shape index (κ1) is 19.2. The van der Waals surface area contributed by atoms with E-state index >= 15 is 0 Å². The summed E-state index contributed by atoms with van der Waals surface area (Å²) in [6, 6.07) is 14.2. The highest BCUT2D eigenvalue weighted by atomic mass is 35.5. The minimum absolute atomic E-state index is 0.660. The summed E-state index contributed by atoms with van der Waals surface area (Å²) in [5.41, 5.74) is 3.57. The van der Waals surface area contributed by atoms with Crippen molar-refractivity contribution in [2.45, 2.75) is 26.4 Å². The topological polar surface area (TPSA) is 26.2 Å². The largest absolute Gasteiger partial charge is 0.382 e. The predicted octanol–water partition coefficient (Wildman–Crippen LogP) is 5.51. The smallest absolute Gasteiger partial charge is 0.0491 e. The van der Waals surface area contributed by atoms with Gasteiger partial charge in [-0.05, 0) is 49.2 Å². The Labute approximate surface area is 164 Å². The van der Waals surface area contributed by atoms with Gasteiger partial charge in [-0.2, -0.15) is 0 Å². The van der Waals surface area contributed by atoms with Crippen LogP contribution in [0.25, 0.3) is 10.9 Å². The molecule has 0 aliphatic rings. The van der Waals surface area contributed by atoms with E-state index < -0.39 is 0 Å². The molecule has 0 unspecified atom stereocenters. The standard InChI is InChI=1S/C21H24Cl2N2O/c1-2-26-11-5-10-24-13-17-15-25(21-7-4-3-6-19(17)21)14-16-8-9-18(22)12-20(16)23/h3-4,6-9,12,15,24H,2,5,10-11,13-14H2,1H3. The fourth-order valence-electron chi connectivity index (χ4n) is 3.09. The molecule has 0 aliphatic heterocycles. The highest BCUT2D eigenvalue weighted by molar-refractivity contribution is 6.35. The summed E-state index contributed by atoms with van der Waals surface area (Å²) in [4.78, 5) is 0. The first-order valence-electron chi connectivity index (χ1n) is 8.98. The van der Waals surface area contributed by atoms with E-state index in [1.165, 1.54) is 16.5 Å². The van der Waals surface area contributed by atoms with E-state index in [-0.39, 0.29) is 0 Å². The maximum absolute atomic E-state index is 6.36. The van der Waals surface area contributed by atoms with Crippen LogP contribution < -0.4 is 5.32 Å². The Morgan fingerprint density at radius 3 is 2.73 bits per heavy atom. The molecular weight excluding hydrogens is 367 g/mol. The highest BCUT2D eigenvalue weighted by Crippen LogP contribution is 2.26. The Morgan fingerprint density at radius 2 is 1.92 bits per heavy atom. The number of fused-ring (bicyclic) bond motifs is 1. The molecule has 138 valence electrons. The van der Waals surface area contributed by atoms with E-state index in [0.717, 1.165) is 44.8 Å². The summed E-state index contributed by atoms with van der Waals surface area (Å²) in [5, 5.41) is 6.15. The minimum Gasteiger partial charge on any atom is -0.382 e. The van der Waals surface area contributed by atoms with E-state index in [1.54, 1.807) is 6.07 Å². The van der Waals surface area contributed by atoms with Crippen LogP contribution in [0.4, 0.5) is 0 Å². The molecule has 1 aromatic heterocycles. The third-order valence-corrected chi connectivity index (χ3v) is 4.98.